The van der Waals surface area contributed by atoms with Gasteiger partial charge in [0.25, 0.3) is 0 Å². The van der Waals surface area contributed by atoms with Crippen molar-refractivity contribution < 1.29 is 13.7 Å². The summed E-state index contributed by atoms with van der Waals surface area (Å²) in [5.74, 6) is 2.08. The molecule has 0 aliphatic carbocycles. The van der Waals surface area contributed by atoms with E-state index >= 15 is 0 Å². The minimum atomic E-state index is 0.0179. The highest BCUT2D eigenvalue weighted by Crippen LogP contribution is 2.32. The lowest BCUT2D eigenvalue weighted by atomic mass is 9.96. The van der Waals surface area contributed by atoms with Gasteiger partial charge in [0.15, 0.2) is 0 Å². The molecule has 4 aromatic rings. The van der Waals surface area contributed by atoms with Gasteiger partial charge in [-0.05, 0) is 68.9 Å². The first kappa shape index (κ1) is 22.8. The number of carbonyl (C=O) groups excluding carboxylic acids is 1. The van der Waals surface area contributed by atoms with Crippen LogP contribution in [0.2, 0.25) is 0 Å². The van der Waals surface area contributed by atoms with Gasteiger partial charge in [-0.15, -0.1) is 0 Å². The van der Waals surface area contributed by atoms with Crippen molar-refractivity contribution in [3.05, 3.63) is 76.7 Å². The van der Waals surface area contributed by atoms with Crippen molar-refractivity contribution in [1.82, 2.24) is 10.5 Å². The van der Waals surface area contributed by atoms with Crippen molar-refractivity contribution >= 4 is 16.9 Å². The van der Waals surface area contributed by atoms with Gasteiger partial charge in [-0.25, -0.2) is 0 Å². The van der Waals surface area contributed by atoms with Crippen molar-refractivity contribution in [3.8, 4) is 11.3 Å². The van der Waals surface area contributed by atoms with Gasteiger partial charge in [-0.3, -0.25) is 4.79 Å². The number of furan rings is 1. The lowest BCUT2D eigenvalue weighted by molar-refractivity contribution is -0.121. The number of aryl methyl sites for hydroxylation is 3. The molecule has 1 unspecified atom stereocenters. The Bertz CT molecular complexity index is 1230. The van der Waals surface area contributed by atoms with Gasteiger partial charge >= 0.3 is 0 Å². The Hall–Kier alpha value is -3.34. The molecule has 172 valence electrons. The predicted octanol–water partition coefficient (Wildman–Crippen LogP) is 6.85. The summed E-state index contributed by atoms with van der Waals surface area (Å²) in [5.41, 5.74) is 5.80. The van der Waals surface area contributed by atoms with Crippen molar-refractivity contribution in [2.45, 2.75) is 59.9 Å². The Labute approximate surface area is 195 Å². The second-order valence-corrected chi connectivity index (χ2v) is 9.36. The summed E-state index contributed by atoms with van der Waals surface area (Å²) in [6.45, 7) is 10.3. The molecule has 0 bridgehead atoms. The van der Waals surface area contributed by atoms with E-state index in [9.17, 15) is 4.79 Å². The summed E-state index contributed by atoms with van der Waals surface area (Å²) in [7, 11) is 0. The second-order valence-electron chi connectivity index (χ2n) is 9.36. The molecule has 2 aromatic carbocycles. The van der Waals surface area contributed by atoms with Gasteiger partial charge in [0, 0.05) is 5.39 Å². The molecule has 0 saturated heterocycles. The Kier molecular flexibility index (Phi) is 6.68. The maximum Gasteiger partial charge on any atom is 0.224 e. The van der Waals surface area contributed by atoms with Crippen LogP contribution in [0.3, 0.4) is 0 Å². The Morgan fingerprint density at radius 3 is 2.42 bits per heavy atom. The molecule has 0 saturated carbocycles. The summed E-state index contributed by atoms with van der Waals surface area (Å²) < 4.78 is 11.3. The molecule has 0 aliphatic heterocycles. The highest BCUT2D eigenvalue weighted by atomic mass is 16.5. The third-order valence-corrected chi connectivity index (χ3v) is 6.07. The van der Waals surface area contributed by atoms with Crippen LogP contribution in [-0.2, 0) is 11.2 Å². The van der Waals surface area contributed by atoms with Crippen molar-refractivity contribution in [1.29, 1.82) is 0 Å². The third kappa shape index (κ3) is 5.36. The zero-order valence-corrected chi connectivity index (χ0v) is 20.1. The SMILES string of the molecule is Cc1ccc(C(CCC(C)C)NC(=O)Cc2ccc3oc(-c4c(C)noc4C)cc3c2)cc1. The molecule has 33 heavy (non-hydrogen) atoms. The van der Waals surface area contributed by atoms with Crippen LogP contribution >= 0.6 is 0 Å². The smallest absolute Gasteiger partial charge is 0.224 e. The lowest BCUT2D eigenvalue weighted by Gasteiger charge is -2.20. The van der Waals surface area contributed by atoms with Crippen LogP contribution < -0.4 is 5.32 Å². The largest absolute Gasteiger partial charge is 0.456 e. The van der Waals surface area contributed by atoms with Gasteiger partial charge in [0.1, 0.15) is 17.1 Å². The fraction of sp³-hybridized carbons (Fsp3) is 0.357. The molecule has 2 aromatic heterocycles. The quantitative estimate of drug-likeness (QED) is 0.323. The number of amides is 1. The van der Waals surface area contributed by atoms with Crippen molar-refractivity contribution in [3.63, 3.8) is 0 Å². The Balaban J connectivity index is 1.50. The zero-order chi connectivity index (χ0) is 23.5. The first-order valence-corrected chi connectivity index (χ1v) is 11.6. The van der Waals surface area contributed by atoms with Crippen LogP contribution in [-0.4, -0.2) is 11.1 Å². The maximum atomic E-state index is 13.0. The van der Waals surface area contributed by atoms with E-state index in [0.717, 1.165) is 57.7 Å². The molecule has 4 rings (SSSR count). The molecule has 1 N–H and O–H groups in total. The maximum absolute atomic E-state index is 13.0. The van der Waals surface area contributed by atoms with E-state index < -0.39 is 0 Å². The van der Waals surface area contributed by atoms with Crippen LogP contribution in [0.15, 0.2) is 57.5 Å². The highest BCUT2D eigenvalue weighted by molar-refractivity contribution is 5.86. The summed E-state index contributed by atoms with van der Waals surface area (Å²) in [6.07, 6.45) is 2.31. The average Bonchev–Trinajstić information content (AvgIpc) is 3.33. The van der Waals surface area contributed by atoms with Crippen LogP contribution in [0.1, 0.15) is 60.9 Å². The van der Waals surface area contributed by atoms with E-state index in [4.69, 9.17) is 8.94 Å². The third-order valence-electron chi connectivity index (χ3n) is 6.07. The molecule has 0 aliphatic rings. The standard InChI is InChI=1S/C28H32N2O3/c1-17(2)6-12-24(22-10-7-18(3)8-11-22)29-27(31)15-21-9-13-25-23(14-21)16-26(32-25)28-19(4)30-33-20(28)5/h7-11,13-14,16-17,24H,6,12,15H2,1-5H3,(H,29,31). The minimum absolute atomic E-state index is 0.0179. The summed E-state index contributed by atoms with van der Waals surface area (Å²) >= 11 is 0. The molecule has 1 atom stereocenters. The molecule has 5 nitrogen and oxygen atoms in total. The zero-order valence-electron chi connectivity index (χ0n) is 20.1. The first-order chi connectivity index (χ1) is 15.8. The molecule has 1 amide bonds. The number of hydrogen-bond acceptors (Lipinski definition) is 4. The van der Waals surface area contributed by atoms with Crippen LogP contribution in [0.5, 0.6) is 0 Å². The molecular weight excluding hydrogens is 412 g/mol. The van der Waals surface area contributed by atoms with Gasteiger partial charge in [0.2, 0.25) is 5.91 Å². The van der Waals surface area contributed by atoms with Gasteiger partial charge in [-0.2, -0.15) is 0 Å². The van der Waals surface area contributed by atoms with Gasteiger partial charge < -0.3 is 14.3 Å². The number of nitrogens with one attached hydrogen (secondary N) is 1. The van der Waals surface area contributed by atoms with Crippen LogP contribution in [0, 0.1) is 26.7 Å². The van der Waals surface area contributed by atoms with E-state index in [-0.39, 0.29) is 11.9 Å². The Morgan fingerprint density at radius 1 is 1.00 bits per heavy atom. The number of aromatic nitrogens is 1. The monoisotopic (exact) mass is 444 g/mol. The van der Waals surface area contributed by atoms with Crippen LogP contribution in [0.25, 0.3) is 22.3 Å². The predicted molar refractivity (Wildman–Crippen MR) is 131 cm³/mol. The van der Waals surface area contributed by atoms with E-state index in [1.807, 2.05) is 38.1 Å². The summed E-state index contributed by atoms with van der Waals surface area (Å²) in [5, 5.41) is 8.24. The van der Waals surface area contributed by atoms with E-state index in [0.29, 0.717) is 12.3 Å². The summed E-state index contributed by atoms with van der Waals surface area (Å²) in [6, 6.07) is 16.4. The average molecular weight is 445 g/mol. The number of nitrogens with zero attached hydrogens (tertiary/aromatic N) is 1. The minimum Gasteiger partial charge on any atom is -0.456 e. The molecule has 0 spiro atoms. The van der Waals surface area contributed by atoms with Crippen LogP contribution in [0.4, 0.5) is 0 Å². The molecular formula is C28H32N2O3. The van der Waals surface area contributed by atoms with E-state index in [1.54, 1.807) is 0 Å². The second kappa shape index (κ2) is 9.65. The number of rotatable bonds is 8. The normalized spacial score (nSPS) is 12.4. The summed E-state index contributed by atoms with van der Waals surface area (Å²) in [4.78, 5) is 13.0. The fourth-order valence-corrected chi connectivity index (χ4v) is 4.21. The molecule has 2 heterocycles. The number of benzene rings is 2. The van der Waals surface area contributed by atoms with Crippen molar-refractivity contribution in [2.24, 2.45) is 5.92 Å². The van der Waals surface area contributed by atoms with E-state index in [2.05, 4.69) is 55.5 Å². The Morgan fingerprint density at radius 2 is 1.76 bits per heavy atom. The first-order valence-electron chi connectivity index (χ1n) is 11.6. The number of fused-ring (bicyclic) bond motifs is 1. The molecule has 5 heteroatoms. The van der Waals surface area contributed by atoms with Crippen molar-refractivity contribution in [2.75, 3.05) is 0 Å². The number of carbonyl (C=O) groups is 1. The highest BCUT2D eigenvalue weighted by Gasteiger charge is 2.18. The van der Waals surface area contributed by atoms with Gasteiger partial charge in [-0.1, -0.05) is 54.9 Å². The van der Waals surface area contributed by atoms with E-state index in [1.165, 1.54) is 5.56 Å². The molecule has 0 fully saturated rings. The topological polar surface area (TPSA) is 68.3 Å². The fourth-order valence-electron chi connectivity index (χ4n) is 4.21. The van der Waals surface area contributed by atoms with Gasteiger partial charge in [0.05, 0.1) is 23.7 Å². The number of hydrogen-bond donors (Lipinski definition) is 1. The lowest BCUT2D eigenvalue weighted by Crippen LogP contribution is -2.30. The molecule has 0 radical (unpaired) electrons.